The van der Waals surface area contributed by atoms with E-state index in [1.54, 1.807) is 0 Å². The Morgan fingerprint density at radius 2 is 1.10 bits per heavy atom. The molecule has 0 spiro atoms. The number of benzene rings is 6. The molecule has 6 aromatic carbocycles. The minimum Gasteiger partial charge on any atom is -0.456 e. The molecule has 0 bridgehead atoms. The van der Waals surface area contributed by atoms with Crippen LogP contribution in [-0.4, -0.2) is 9.13 Å². The first-order valence-corrected chi connectivity index (χ1v) is 17.6. The van der Waals surface area contributed by atoms with Gasteiger partial charge in [-0.05, 0) is 96.6 Å². The molecule has 0 fully saturated rings. The molecular weight excluding hydrogens is 599 g/mol. The summed E-state index contributed by atoms with van der Waals surface area (Å²) in [6.45, 7) is 10.00. The van der Waals surface area contributed by atoms with Crippen molar-refractivity contribution in [2.45, 2.75) is 51.9 Å². The molecule has 0 saturated carbocycles. The van der Waals surface area contributed by atoms with E-state index in [-0.39, 0.29) is 0 Å². The Morgan fingerprint density at radius 3 is 1.92 bits per heavy atom. The van der Waals surface area contributed by atoms with Crippen LogP contribution in [0, 0.1) is 6.57 Å². The molecular formula is C45H37N3O. The number of para-hydroxylation sites is 2. The second-order valence-electron chi connectivity index (χ2n) is 13.4. The van der Waals surface area contributed by atoms with E-state index in [1.165, 1.54) is 71.3 Å². The van der Waals surface area contributed by atoms with Crippen LogP contribution in [0.3, 0.4) is 0 Å². The lowest BCUT2D eigenvalue weighted by molar-refractivity contribution is 0.607. The predicted molar refractivity (Wildman–Crippen MR) is 206 cm³/mol. The Morgan fingerprint density at radius 1 is 0.510 bits per heavy atom. The van der Waals surface area contributed by atoms with Gasteiger partial charge in [0.05, 0.1) is 28.6 Å². The first-order chi connectivity index (χ1) is 24.2. The van der Waals surface area contributed by atoms with Crippen LogP contribution in [0.2, 0.25) is 0 Å². The van der Waals surface area contributed by atoms with E-state index in [1.807, 2.05) is 18.2 Å². The van der Waals surface area contributed by atoms with E-state index >= 15 is 0 Å². The van der Waals surface area contributed by atoms with Crippen molar-refractivity contribution in [3.8, 4) is 11.4 Å². The third-order valence-corrected chi connectivity index (χ3v) is 10.3. The average molecular weight is 636 g/mol. The Bertz CT molecular complexity index is 2730. The zero-order valence-electron chi connectivity index (χ0n) is 27.7. The second kappa shape index (κ2) is 12.0. The third kappa shape index (κ3) is 4.88. The minimum absolute atomic E-state index is 0.675. The minimum atomic E-state index is 0.675. The van der Waals surface area contributed by atoms with Crippen molar-refractivity contribution in [3.05, 3.63) is 138 Å². The van der Waals surface area contributed by atoms with Crippen molar-refractivity contribution in [1.82, 2.24) is 9.13 Å². The monoisotopic (exact) mass is 635 g/mol. The molecule has 0 aliphatic carbocycles. The van der Waals surface area contributed by atoms with Gasteiger partial charge in [-0.15, -0.1) is 0 Å². The smallest absolute Gasteiger partial charge is 0.188 e. The summed E-state index contributed by atoms with van der Waals surface area (Å²) in [6, 6.07) is 43.4. The van der Waals surface area contributed by atoms with Gasteiger partial charge in [0.2, 0.25) is 0 Å². The van der Waals surface area contributed by atoms with Crippen LogP contribution < -0.4 is 0 Å². The summed E-state index contributed by atoms with van der Waals surface area (Å²) in [5.41, 5.74) is 10.7. The van der Waals surface area contributed by atoms with Crippen LogP contribution in [0.25, 0.3) is 81.8 Å². The summed E-state index contributed by atoms with van der Waals surface area (Å²) in [5, 5.41) is 7.02. The standard InChI is InChI=1S/C45H37N3O/c1-3-4-5-6-7-8-13-30-18-22-41-36(26-30)37-27-31(46-2)19-23-42(37)48(41)32-20-24-43-38(28-32)34-14-9-11-16-40(34)47(43)33-21-25-45-39(29-33)35-15-10-12-17-44(35)49-45/h9-12,14-29H,3-8,13H2,1H3. The lowest BCUT2D eigenvalue weighted by Gasteiger charge is -2.11. The van der Waals surface area contributed by atoms with Gasteiger partial charge in [0.1, 0.15) is 11.2 Å². The van der Waals surface area contributed by atoms with Gasteiger partial charge in [0.25, 0.3) is 0 Å². The summed E-state index contributed by atoms with van der Waals surface area (Å²) < 4.78 is 10.9. The largest absolute Gasteiger partial charge is 0.456 e. The summed E-state index contributed by atoms with van der Waals surface area (Å²) in [7, 11) is 0. The van der Waals surface area contributed by atoms with Gasteiger partial charge < -0.3 is 13.6 Å². The maximum absolute atomic E-state index is 7.73. The zero-order chi connectivity index (χ0) is 32.9. The van der Waals surface area contributed by atoms with E-state index in [0.717, 1.165) is 56.2 Å². The van der Waals surface area contributed by atoms with Crippen molar-refractivity contribution < 1.29 is 4.42 Å². The fraction of sp³-hybridized carbons (Fsp3) is 0.178. The van der Waals surface area contributed by atoms with Gasteiger partial charge in [-0.1, -0.05) is 87.6 Å². The Labute approximate surface area is 285 Å². The van der Waals surface area contributed by atoms with Crippen LogP contribution in [-0.2, 0) is 6.42 Å². The topological polar surface area (TPSA) is 27.4 Å². The van der Waals surface area contributed by atoms with E-state index in [2.05, 4.69) is 124 Å². The van der Waals surface area contributed by atoms with Crippen molar-refractivity contribution in [2.75, 3.05) is 0 Å². The number of aryl methyl sites for hydroxylation is 1. The molecule has 4 nitrogen and oxygen atoms in total. The Balaban J connectivity index is 1.19. The third-order valence-electron chi connectivity index (χ3n) is 10.3. The number of hydrogen-bond donors (Lipinski definition) is 0. The number of hydrogen-bond acceptors (Lipinski definition) is 1. The molecule has 0 amide bonds. The molecule has 4 heteroatoms. The summed E-state index contributed by atoms with van der Waals surface area (Å²) in [5.74, 6) is 0. The number of fused-ring (bicyclic) bond motifs is 9. The number of rotatable bonds is 9. The highest BCUT2D eigenvalue weighted by Gasteiger charge is 2.18. The van der Waals surface area contributed by atoms with Crippen molar-refractivity contribution in [2.24, 2.45) is 0 Å². The maximum atomic E-state index is 7.73. The summed E-state index contributed by atoms with van der Waals surface area (Å²) in [6.07, 6.45) is 8.85. The molecule has 49 heavy (non-hydrogen) atoms. The molecule has 9 aromatic rings. The molecule has 0 unspecified atom stereocenters. The number of nitrogens with zero attached hydrogens (tertiary/aromatic N) is 3. The van der Waals surface area contributed by atoms with Gasteiger partial charge in [0, 0.05) is 38.3 Å². The number of furan rings is 1. The van der Waals surface area contributed by atoms with Crippen LogP contribution in [0.1, 0.15) is 51.0 Å². The predicted octanol–water partition coefficient (Wildman–Crippen LogP) is 13.2. The molecule has 9 rings (SSSR count). The average Bonchev–Trinajstić information content (AvgIpc) is 3.79. The van der Waals surface area contributed by atoms with E-state index in [4.69, 9.17) is 11.0 Å². The lowest BCUT2D eigenvalue weighted by Crippen LogP contribution is -1.96. The quantitative estimate of drug-likeness (QED) is 0.115. The normalized spacial score (nSPS) is 11.9. The van der Waals surface area contributed by atoms with Gasteiger partial charge in [-0.2, -0.15) is 0 Å². The zero-order valence-corrected chi connectivity index (χ0v) is 27.7. The number of aromatic nitrogens is 2. The van der Waals surface area contributed by atoms with Gasteiger partial charge >= 0.3 is 0 Å². The highest BCUT2D eigenvalue weighted by atomic mass is 16.3. The van der Waals surface area contributed by atoms with Crippen LogP contribution in [0.5, 0.6) is 0 Å². The molecule has 0 radical (unpaired) electrons. The van der Waals surface area contributed by atoms with E-state index in [0.29, 0.717) is 5.69 Å². The van der Waals surface area contributed by atoms with Crippen molar-refractivity contribution in [3.63, 3.8) is 0 Å². The summed E-state index contributed by atoms with van der Waals surface area (Å²) in [4.78, 5) is 3.79. The summed E-state index contributed by atoms with van der Waals surface area (Å²) >= 11 is 0. The highest BCUT2D eigenvalue weighted by molar-refractivity contribution is 6.13. The maximum Gasteiger partial charge on any atom is 0.188 e. The fourth-order valence-corrected chi connectivity index (χ4v) is 7.90. The van der Waals surface area contributed by atoms with Gasteiger partial charge in [-0.3, -0.25) is 0 Å². The Kier molecular flexibility index (Phi) is 7.20. The molecule has 0 saturated heterocycles. The van der Waals surface area contributed by atoms with E-state index in [9.17, 15) is 0 Å². The molecule has 238 valence electrons. The molecule has 0 atom stereocenters. The molecule has 0 aliphatic heterocycles. The SMILES string of the molecule is [C-]#[N+]c1ccc2c(c1)c1cc(CCCCCCCC)ccc1n2-c1ccc2c(c1)c1ccccc1n2-c1ccc2oc3ccccc3c2c1. The van der Waals surface area contributed by atoms with Crippen molar-refractivity contribution in [1.29, 1.82) is 0 Å². The molecule has 0 aliphatic rings. The van der Waals surface area contributed by atoms with Crippen molar-refractivity contribution >= 4 is 71.2 Å². The molecule has 3 aromatic heterocycles. The number of unbranched alkanes of at least 4 members (excludes halogenated alkanes) is 5. The molecule has 3 heterocycles. The molecule has 0 N–H and O–H groups in total. The van der Waals surface area contributed by atoms with Gasteiger partial charge in [0.15, 0.2) is 5.69 Å². The fourth-order valence-electron chi connectivity index (χ4n) is 7.90. The second-order valence-corrected chi connectivity index (χ2v) is 13.4. The lowest BCUT2D eigenvalue weighted by atomic mass is 10.0. The van der Waals surface area contributed by atoms with Gasteiger partial charge in [-0.25, -0.2) is 4.85 Å². The Hall–Kier alpha value is -5.79. The van der Waals surface area contributed by atoms with Crippen LogP contribution in [0.4, 0.5) is 5.69 Å². The first kappa shape index (κ1) is 29.4. The van der Waals surface area contributed by atoms with Crippen LogP contribution in [0.15, 0.2) is 126 Å². The van der Waals surface area contributed by atoms with Crippen LogP contribution >= 0.6 is 0 Å². The first-order valence-electron chi connectivity index (χ1n) is 17.6. The highest BCUT2D eigenvalue weighted by Crippen LogP contribution is 2.39. The van der Waals surface area contributed by atoms with E-state index < -0.39 is 0 Å².